The third-order valence-electron chi connectivity index (χ3n) is 8.70. The standard InChI is InChI=1S/C35H49N5O8S/c1-22-11-14-29(15-12-22)49(44,45)38-28-13-16-31-30(18-28)34(42)40(24(3)21-41)19-23(2)32(46-17-9-8-10-25(4)47-31)20-39(7)35(43)36-33-26(5)37-48-27(33)6/h11-16,18,23-25,32,38,41H,8-10,17,19-21H2,1-7H3,(H,36,43)/t23-,24-,25-,32-/m1/s1. The number of carbonyl (C=O) groups is 2. The molecule has 2 aromatic carbocycles. The van der Waals surface area contributed by atoms with Crippen molar-refractivity contribution in [1.29, 1.82) is 0 Å². The fraction of sp³-hybridized carbons (Fsp3) is 0.514. The Kier molecular flexibility index (Phi) is 12.7. The van der Waals surface area contributed by atoms with E-state index in [1.807, 2.05) is 20.8 Å². The molecule has 0 fully saturated rings. The highest BCUT2D eigenvalue weighted by molar-refractivity contribution is 7.92. The average Bonchev–Trinajstić information content (AvgIpc) is 3.38. The van der Waals surface area contributed by atoms with Gasteiger partial charge in [-0.2, -0.15) is 0 Å². The van der Waals surface area contributed by atoms with Crippen LogP contribution in [0.3, 0.4) is 0 Å². The first kappa shape index (κ1) is 37.7. The Hall–Kier alpha value is -4.14. The second-order valence-corrected chi connectivity index (χ2v) is 14.6. The number of amides is 3. The average molecular weight is 700 g/mol. The molecule has 13 nitrogen and oxygen atoms in total. The number of benzene rings is 2. The number of anilines is 2. The third kappa shape index (κ3) is 9.73. The fourth-order valence-corrected chi connectivity index (χ4v) is 6.65. The minimum atomic E-state index is -3.94. The largest absolute Gasteiger partial charge is 0.490 e. The van der Waals surface area contributed by atoms with Gasteiger partial charge in [-0.3, -0.25) is 9.52 Å². The summed E-state index contributed by atoms with van der Waals surface area (Å²) >= 11 is 0. The lowest BCUT2D eigenvalue weighted by atomic mass is 10.0. The van der Waals surface area contributed by atoms with Crippen molar-refractivity contribution in [2.75, 3.05) is 43.4 Å². The van der Waals surface area contributed by atoms with E-state index in [-0.39, 0.29) is 53.9 Å². The van der Waals surface area contributed by atoms with Crippen molar-refractivity contribution in [2.24, 2.45) is 5.92 Å². The van der Waals surface area contributed by atoms with Crippen molar-refractivity contribution >= 4 is 33.3 Å². The van der Waals surface area contributed by atoms with Crippen molar-refractivity contribution in [3.63, 3.8) is 0 Å². The van der Waals surface area contributed by atoms with Crippen LogP contribution in [0.5, 0.6) is 5.75 Å². The lowest BCUT2D eigenvalue weighted by Gasteiger charge is -2.35. The maximum atomic E-state index is 14.4. The van der Waals surface area contributed by atoms with Crippen molar-refractivity contribution in [3.05, 3.63) is 65.0 Å². The number of hydrogen-bond acceptors (Lipinski definition) is 9. The number of fused-ring (bicyclic) bond motifs is 1. The number of aliphatic hydroxyl groups excluding tert-OH is 1. The van der Waals surface area contributed by atoms with E-state index < -0.39 is 28.1 Å². The number of aliphatic hydroxyl groups is 1. The first-order valence-electron chi connectivity index (χ1n) is 16.6. The number of hydrogen-bond donors (Lipinski definition) is 3. The number of aromatic nitrogens is 1. The summed E-state index contributed by atoms with van der Waals surface area (Å²) in [7, 11) is -2.27. The predicted octanol–water partition coefficient (Wildman–Crippen LogP) is 5.36. The van der Waals surface area contributed by atoms with E-state index in [9.17, 15) is 23.1 Å². The van der Waals surface area contributed by atoms with Crippen LogP contribution in [0.15, 0.2) is 51.9 Å². The van der Waals surface area contributed by atoms with Gasteiger partial charge in [-0.1, -0.05) is 29.8 Å². The Morgan fingerprint density at radius 3 is 2.49 bits per heavy atom. The van der Waals surface area contributed by atoms with Crippen LogP contribution in [0.1, 0.15) is 67.4 Å². The van der Waals surface area contributed by atoms with Crippen LogP contribution >= 0.6 is 0 Å². The molecule has 3 aromatic rings. The van der Waals surface area contributed by atoms with Crippen LogP contribution in [0.2, 0.25) is 0 Å². The number of carbonyl (C=O) groups excluding carboxylic acids is 2. The summed E-state index contributed by atoms with van der Waals surface area (Å²) in [5.74, 6) is 0.104. The second kappa shape index (κ2) is 16.5. The number of urea groups is 1. The molecule has 268 valence electrons. The number of aryl methyl sites for hydroxylation is 3. The Morgan fingerprint density at radius 2 is 1.84 bits per heavy atom. The van der Waals surface area contributed by atoms with Crippen molar-refractivity contribution in [2.45, 2.75) is 84.0 Å². The molecule has 0 aliphatic carbocycles. The topological polar surface area (TPSA) is 164 Å². The summed E-state index contributed by atoms with van der Waals surface area (Å²) in [5, 5.41) is 17.0. The van der Waals surface area contributed by atoms with Crippen molar-refractivity contribution < 1.29 is 37.1 Å². The van der Waals surface area contributed by atoms with E-state index in [0.29, 0.717) is 35.9 Å². The molecule has 0 spiro atoms. The summed E-state index contributed by atoms with van der Waals surface area (Å²) < 4.78 is 46.8. The van der Waals surface area contributed by atoms with Crippen LogP contribution in [-0.2, 0) is 14.8 Å². The summed E-state index contributed by atoms with van der Waals surface area (Å²) in [6, 6.07) is 10.2. The number of sulfonamides is 1. The first-order valence-corrected chi connectivity index (χ1v) is 18.1. The molecule has 49 heavy (non-hydrogen) atoms. The summed E-state index contributed by atoms with van der Waals surface area (Å²) in [6.07, 6.45) is 1.55. The van der Waals surface area contributed by atoms with Gasteiger partial charge in [0.25, 0.3) is 15.9 Å². The number of likely N-dealkylation sites (N-methyl/N-ethyl adjacent to an activating group) is 1. The zero-order valence-electron chi connectivity index (χ0n) is 29.4. The molecule has 0 unspecified atom stereocenters. The maximum Gasteiger partial charge on any atom is 0.321 e. The molecule has 0 saturated heterocycles. The second-order valence-electron chi connectivity index (χ2n) is 12.9. The van der Waals surface area contributed by atoms with Gasteiger partial charge < -0.3 is 34.2 Å². The van der Waals surface area contributed by atoms with Gasteiger partial charge in [-0.25, -0.2) is 13.2 Å². The van der Waals surface area contributed by atoms with Gasteiger partial charge in [0.1, 0.15) is 17.1 Å². The summed E-state index contributed by atoms with van der Waals surface area (Å²) in [4.78, 5) is 30.7. The lowest BCUT2D eigenvalue weighted by Crippen LogP contribution is -2.48. The molecule has 0 saturated carbocycles. The zero-order valence-corrected chi connectivity index (χ0v) is 30.2. The quantitative estimate of drug-likeness (QED) is 0.281. The fourth-order valence-electron chi connectivity index (χ4n) is 5.60. The maximum absolute atomic E-state index is 14.4. The van der Waals surface area contributed by atoms with Crippen LogP contribution < -0.4 is 14.8 Å². The van der Waals surface area contributed by atoms with Gasteiger partial charge >= 0.3 is 6.03 Å². The Balaban J connectivity index is 1.63. The molecular weight excluding hydrogens is 650 g/mol. The number of ether oxygens (including phenoxy) is 2. The van der Waals surface area contributed by atoms with E-state index in [1.54, 1.807) is 57.0 Å². The SMILES string of the molecule is Cc1ccc(S(=O)(=O)Nc2ccc3c(c2)C(=O)N([C@H](C)CO)C[C@@H](C)[C@@H](CN(C)C(=O)Nc2c(C)noc2C)OCCCC[C@@H](C)O3)cc1. The molecule has 3 amide bonds. The van der Waals surface area contributed by atoms with E-state index in [0.717, 1.165) is 18.4 Å². The highest BCUT2D eigenvalue weighted by Crippen LogP contribution is 2.30. The monoisotopic (exact) mass is 699 g/mol. The van der Waals surface area contributed by atoms with Crippen LogP contribution in [0.25, 0.3) is 0 Å². The molecular formula is C35H49N5O8S. The highest BCUT2D eigenvalue weighted by atomic mass is 32.2. The van der Waals surface area contributed by atoms with Gasteiger partial charge in [0, 0.05) is 38.3 Å². The minimum absolute atomic E-state index is 0.0927. The molecule has 4 rings (SSSR count). The summed E-state index contributed by atoms with van der Waals surface area (Å²) in [5.41, 5.74) is 2.37. The summed E-state index contributed by atoms with van der Waals surface area (Å²) in [6.45, 7) is 11.5. The Labute approximate surface area is 289 Å². The molecule has 2 heterocycles. The van der Waals surface area contributed by atoms with Crippen LogP contribution in [0, 0.1) is 26.7 Å². The van der Waals surface area contributed by atoms with Gasteiger partial charge in [-0.05, 0) is 84.2 Å². The number of rotatable bonds is 8. The lowest BCUT2D eigenvalue weighted by molar-refractivity contribution is -0.0115. The van der Waals surface area contributed by atoms with Gasteiger partial charge in [0.2, 0.25) is 0 Å². The molecule has 0 bridgehead atoms. The first-order chi connectivity index (χ1) is 23.2. The van der Waals surface area contributed by atoms with Crippen LogP contribution in [-0.4, -0.2) is 92.0 Å². The highest BCUT2D eigenvalue weighted by Gasteiger charge is 2.31. The molecule has 1 aromatic heterocycles. The predicted molar refractivity (Wildman–Crippen MR) is 186 cm³/mol. The van der Waals surface area contributed by atoms with Gasteiger partial charge in [0.15, 0.2) is 5.76 Å². The van der Waals surface area contributed by atoms with Gasteiger partial charge in [0.05, 0.1) is 35.3 Å². The Morgan fingerprint density at radius 1 is 1.12 bits per heavy atom. The molecule has 14 heteroatoms. The molecule has 0 radical (unpaired) electrons. The van der Waals surface area contributed by atoms with Gasteiger partial charge in [-0.15, -0.1) is 0 Å². The molecule has 1 aliphatic rings. The van der Waals surface area contributed by atoms with E-state index in [1.165, 1.54) is 23.1 Å². The van der Waals surface area contributed by atoms with E-state index in [4.69, 9.17) is 14.0 Å². The number of nitrogens with zero attached hydrogens (tertiary/aromatic N) is 3. The molecule has 4 atom stereocenters. The normalized spacial score (nSPS) is 20.0. The number of nitrogens with one attached hydrogen (secondary N) is 2. The van der Waals surface area contributed by atoms with Crippen LogP contribution in [0.4, 0.5) is 16.2 Å². The van der Waals surface area contributed by atoms with E-state index in [2.05, 4.69) is 15.2 Å². The smallest absolute Gasteiger partial charge is 0.321 e. The molecule has 3 N–H and O–H groups in total. The van der Waals surface area contributed by atoms with E-state index >= 15 is 0 Å². The minimum Gasteiger partial charge on any atom is -0.490 e. The Bertz CT molecular complexity index is 1670. The zero-order chi connectivity index (χ0) is 35.9. The van der Waals surface area contributed by atoms with Crippen molar-refractivity contribution in [1.82, 2.24) is 15.0 Å². The van der Waals surface area contributed by atoms with Crippen molar-refractivity contribution in [3.8, 4) is 5.75 Å². The molecule has 1 aliphatic heterocycles. The third-order valence-corrected chi connectivity index (χ3v) is 10.1.